The number of nitrogens with zero attached hydrogens (tertiary/aromatic N) is 2. The summed E-state index contributed by atoms with van der Waals surface area (Å²) in [6.07, 6.45) is -0.225. The van der Waals surface area contributed by atoms with Crippen LogP contribution in [0.1, 0.15) is 43.6 Å². The number of carbonyl (C=O) groups excluding carboxylic acids is 2. The van der Waals surface area contributed by atoms with Crippen molar-refractivity contribution in [1.82, 2.24) is 10.2 Å². The van der Waals surface area contributed by atoms with E-state index >= 15 is 0 Å². The summed E-state index contributed by atoms with van der Waals surface area (Å²) in [7, 11) is 0. The Hall–Kier alpha value is -3.85. The highest BCUT2D eigenvalue weighted by Gasteiger charge is 2.24. The molecule has 2 heterocycles. The van der Waals surface area contributed by atoms with Gasteiger partial charge < -0.3 is 26.0 Å². The first kappa shape index (κ1) is 24.3. The maximum atomic E-state index is 12.9. The average molecular weight is 493 g/mol. The van der Waals surface area contributed by atoms with Gasteiger partial charge >= 0.3 is 5.97 Å². The molecule has 182 valence electrons. The van der Waals surface area contributed by atoms with Crippen molar-refractivity contribution < 1.29 is 19.5 Å². The van der Waals surface area contributed by atoms with E-state index in [0.29, 0.717) is 37.4 Å². The molecule has 2 aromatic carbocycles. The summed E-state index contributed by atoms with van der Waals surface area (Å²) in [6.45, 7) is 4.40. The third kappa shape index (κ3) is 5.81. The van der Waals surface area contributed by atoms with Crippen LogP contribution < -0.4 is 16.0 Å². The maximum absolute atomic E-state index is 12.9. The topological polar surface area (TPSA) is 116 Å². The Kier molecular flexibility index (Phi) is 7.36. The number of nitrogen functional groups attached to an aromatic ring is 1. The van der Waals surface area contributed by atoms with Crippen LogP contribution in [0.4, 0.5) is 11.4 Å². The molecule has 4 N–H and O–H groups in total. The molecule has 0 saturated carbocycles. The minimum atomic E-state index is -0.998. The van der Waals surface area contributed by atoms with Crippen molar-refractivity contribution >= 4 is 40.5 Å². The van der Waals surface area contributed by atoms with Crippen LogP contribution in [-0.4, -0.2) is 54.0 Å². The minimum Gasteiger partial charge on any atom is -0.481 e. The van der Waals surface area contributed by atoms with Crippen molar-refractivity contribution in [2.45, 2.75) is 19.4 Å². The van der Waals surface area contributed by atoms with Gasteiger partial charge in [0.2, 0.25) is 0 Å². The summed E-state index contributed by atoms with van der Waals surface area (Å²) in [4.78, 5) is 41.6. The summed E-state index contributed by atoms with van der Waals surface area (Å²) < 4.78 is 0. The summed E-state index contributed by atoms with van der Waals surface area (Å²) in [5, 5.41) is 14.0. The number of piperazine rings is 1. The Morgan fingerprint density at radius 3 is 2.37 bits per heavy atom. The van der Waals surface area contributed by atoms with Gasteiger partial charge in [0.25, 0.3) is 11.8 Å². The van der Waals surface area contributed by atoms with Crippen LogP contribution in [0.2, 0.25) is 0 Å². The smallest absolute Gasteiger partial charge is 0.305 e. The number of aliphatic carboxylic acids is 1. The average Bonchev–Trinajstić information content (AvgIpc) is 3.38. The molecule has 8 nitrogen and oxygen atoms in total. The lowest BCUT2D eigenvalue weighted by Crippen LogP contribution is -2.48. The van der Waals surface area contributed by atoms with E-state index in [2.05, 4.69) is 10.2 Å². The van der Waals surface area contributed by atoms with E-state index in [1.807, 2.05) is 53.6 Å². The summed E-state index contributed by atoms with van der Waals surface area (Å²) >= 11 is 1.44. The molecule has 3 aromatic rings. The van der Waals surface area contributed by atoms with Crippen LogP contribution in [0.5, 0.6) is 0 Å². The SMILES string of the molecule is Cc1ccc(C(CC(=O)O)NC(=O)c2ccc(N3CCN(C(=O)c4cccs4)CC3)c(N)c2)cc1. The highest BCUT2D eigenvalue weighted by atomic mass is 32.1. The lowest BCUT2D eigenvalue weighted by Gasteiger charge is -2.36. The Morgan fingerprint density at radius 1 is 1.06 bits per heavy atom. The lowest BCUT2D eigenvalue weighted by atomic mass is 10.0. The van der Waals surface area contributed by atoms with Gasteiger partial charge in [-0.15, -0.1) is 11.3 Å². The monoisotopic (exact) mass is 492 g/mol. The molecular formula is C26H28N4O4S. The van der Waals surface area contributed by atoms with Crippen LogP contribution >= 0.6 is 11.3 Å². The molecule has 1 atom stereocenters. The zero-order valence-corrected chi connectivity index (χ0v) is 20.3. The van der Waals surface area contributed by atoms with Gasteiger partial charge in [0.1, 0.15) is 0 Å². The van der Waals surface area contributed by atoms with E-state index in [1.54, 1.807) is 18.2 Å². The second-order valence-electron chi connectivity index (χ2n) is 8.56. The van der Waals surface area contributed by atoms with E-state index < -0.39 is 12.0 Å². The number of benzene rings is 2. The van der Waals surface area contributed by atoms with Crippen molar-refractivity contribution in [2.75, 3.05) is 36.8 Å². The minimum absolute atomic E-state index is 0.0455. The molecule has 1 aliphatic heterocycles. The predicted molar refractivity (Wildman–Crippen MR) is 137 cm³/mol. The van der Waals surface area contributed by atoms with Crippen molar-refractivity contribution in [2.24, 2.45) is 0 Å². The number of thiophene rings is 1. The van der Waals surface area contributed by atoms with Crippen molar-refractivity contribution in [3.8, 4) is 0 Å². The number of rotatable bonds is 7. The van der Waals surface area contributed by atoms with Gasteiger partial charge in [-0.1, -0.05) is 35.9 Å². The molecule has 0 radical (unpaired) electrons. The van der Waals surface area contributed by atoms with E-state index in [4.69, 9.17) is 5.73 Å². The lowest BCUT2D eigenvalue weighted by molar-refractivity contribution is -0.137. The van der Waals surface area contributed by atoms with Crippen LogP contribution in [-0.2, 0) is 4.79 Å². The second-order valence-corrected chi connectivity index (χ2v) is 9.51. The van der Waals surface area contributed by atoms with Crippen LogP contribution in [0.3, 0.4) is 0 Å². The zero-order chi connectivity index (χ0) is 24.9. The van der Waals surface area contributed by atoms with Gasteiger partial charge in [0, 0.05) is 31.7 Å². The zero-order valence-electron chi connectivity index (χ0n) is 19.4. The van der Waals surface area contributed by atoms with Gasteiger partial charge in [0.05, 0.1) is 28.7 Å². The van der Waals surface area contributed by atoms with Crippen molar-refractivity contribution in [3.05, 3.63) is 81.5 Å². The number of amides is 2. The number of carbonyl (C=O) groups is 3. The van der Waals surface area contributed by atoms with Gasteiger partial charge in [-0.2, -0.15) is 0 Å². The molecule has 4 rings (SSSR count). The van der Waals surface area contributed by atoms with Crippen LogP contribution in [0.15, 0.2) is 60.0 Å². The van der Waals surface area contributed by atoms with E-state index in [9.17, 15) is 19.5 Å². The number of anilines is 2. The number of hydrogen-bond acceptors (Lipinski definition) is 6. The van der Waals surface area contributed by atoms with Crippen molar-refractivity contribution in [3.63, 3.8) is 0 Å². The third-order valence-electron chi connectivity index (χ3n) is 6.09. The first-order valence-electron chi connectivity index (χ1n) is 11.4. The second kappa shape index (κ2) is 10.6. The summed E-state index contributed by atoms with van der Waals surface area (Å²) in [6, 6.07) is 15.6. The molecule has 1 aliphatic rings. The largest absolute Gasteiger partial charge is 0.481 e. The fraction of sp³-hybridized carbons (Fsp3) is 0.269. The van der Waals surface area contributed by atoms with E-state index in [-0.39, 0.29) is 18.2 Å². The Morgan fingerprint density at radius 2 is 1.77 bits per heavy atom. The molecule has 1 saturated heterocycles. The van der Waals surface area contributed by atoms with E-state index in [0.717, 1.165) is 21.7 Å². The normalized spacial score (nSPS) is 14.4. The number of nitrogens with two attached hydrogens (primary N) is 1. The number of hydrogen-bond donors (Lipinski definition) is 3. The van der Waals surface area contributed by atoms with Gasteiger partial charge in [-0.3, -0.25) is 14.4 Å². The third-order valence-corrected chi connectivity index (χ3v) is 6.95. The molecule has 1 unspecified atom stereocenters. The molecule has 0 bridgehead atoms. The quantitative estimate of drug-likeness (QED) is 0.435. The van der Waals surface area contributed by atoms with Crippen molar-refractivity contribution in [1.29, 1.82) is 0 Å². The Bertz CT molecular complexity index is 1200. The molecule has 1 fully saturated rings. The Balaban J connectivity index is 1.41. The van der Waals surface area contributed by atoms with Gasteiger partial charge in [-0.05, 0) is 42.1 Å². The number of nitrogens with one attached hydrogen (secondary N) is 1. The summed E-state index contributed by atoms with van der Waals surface area (Å²) in [5.41, 5.74) is 9.72. The van der Waals surface area contributed by atoms with Gasteiger partial charge in [0.15, 0.2) is 0 Å². The van der Waals surface area contributed by atoms with E-state index in [1.165, 1.54) is 11.3 Å². The predicted octanol–water partition coefficient (Wildman–Crippen LogP) is 3.55. The molecule has 9 heteroatoms. The highest BCUT2D eigenvalue weighted by molar-refractivity contribution is 7.12. The fourth-order valence-electron chi connectivity index (χ4n) is 4.16. The fourth-order valence-corrected chi connectivity index (χ4v) is 4.85. The molecule has 1 aromatic heterocycles. The molecular weight excluding hydrogens is 464 g/mol. The summed E-state index contributed by atoms with van der Waals surface area (Å²) in [5.74, 6) is -1.34. The maximum Gasteiger partial charge on any atom is 0.305 e. The molecule has 2 amide bonds. The van der Waals surface area contributed by atoms with Gasteiger partial charge in [-0.25, -0.2) is 0 Å². The van der Waals surface area contributed by atoms with Crippen LogP contribution in [0, 0.1) is 6.92 Å². The first-order chi connectivity index (χ1) is 16.8. The highest BCUT2D eigenvalue weighted by Crippen LogP contribution is 2.27. The molecule has 35 heavy (non-hydrogen) atoms. The molecule has 0 spiro atoms. The molecule has 0 aliphatic carbocycles. The first-order valence-corrected chi connectivity index (χ1v) is 12.3. The number of aryl methyl sites for hydroxylation is 1. The number of carboxylic acid groups (broad SMARTS) is 1. The Labute approximate surface area is 208 Å². The standard InChI is InChI=1S/C26H28N4O4S/c1-17-4-6-18(7-5-17)21(16-24(31)32)28-25(33)19-8-9-22(20(27)15-19)29-10-12-30(13-11-29)26(34)23-3-2-14-35-23/h2-9,14-15,21H,10-13,16,27H2,1H3,(H,28,33)(H,31,32). The van der Waals surface area contributed by atoms with Crippen LogP contribution in [0.25, 0.3) is 0 Å². The number of carboxylic acids is 1.